The molecule has 0 fully saturated rings. The van der Waals surface area contributed by atoms with E-state index >= 15 is 0 Å². The molecule has 0 aliphatic rings. The third kappa shape index (κ3) is 4.60. The number of hydrogen-bond acceptors (Lipinski definition) is 4. The van der Waals surface area contributed by atoms with Gasteiger partial charge in [-0.1, -0.05) is 6.07 Å². The van der Waals surface area contributed by atoms with Gasteiger partial charge in [-0.15, -0.1) is 0 Å². The van der Waals surface area contributed by atoms with Gasteiger partial charge in [0.25, 0.3) is 0 Å². The lowest BCUT2D eigenvalue weighted by Crippen LogP contribution is -2.37. The Morgan fingerprint density at radius 3 is 2.76 bits per heavy atom. The molecule has 2 amide bonds. The smallest absolute Gasteiger partial charge is 0.314 e. The van der Waals surface area contributed by atoms with E-state index in [1.807, 2.05) is 0 Å². The molecule has 0 spiro atoms. The third-order valence-corrected chi connectivity index (χ3v) is 1.93. The fourth-order valence-corrected chi connectivity index (χ4v) is 1.13. The lowest BCUT2D eigenvalue weighted by Gasteiger charge is -2.05. The molecule has 0 radical (unpaired) electrons. The van der Waals surface area contributed by atoms with E-state index in [4.69, 9.17) is 4.74 Å². The van der Waals surface area contributed by atoms with Gasteiger partial charge in [0.1, 0.15) is 5.82 Å². The van der Waals surface area contributed by atoms with Gasteiger partial charge in [-0.2, -0.15) is 0 Å². The van der Waals surface area contributed by atoms with Crippen molar-refractivity contribution in [3.8, 4) is 0 Å². The van der Waals surface area contributed by atoms with E-state index in [0.717, 1.165) is 5.69 Å². The van der Waals surface area contributed by atoms with Gasteiger partial charge >= 0.3 is 11.8 Å². The predicted molar refractivity (Wildman–Crippen MR) is 62.5 cm³/mol. The number of hydrogen-bond donors (Lipinski definition) is 2. The molecule has 0 saturated heterocycles. The van der Waals surface area contributed by atoms with Gasteiger partial charge in [0, 0.05) is 19.3 Å². The molecule has 1 aromatic rings. The number of pyridine rings is 1. The molecule has 6 nitrogen and oxygen atoms in total. The summed E-state index contributed by atoms with van der Waals surface area (Å²) in [7, 11) is 1.52. The molecule has 6 heteroatoms. The van der Waals surface area contributed by atoms with Crippen LogP contribution in [0.1, 0.15) is 5.69 Å². The fourth-order valence-electron chi connectivity index (χ4n) is 1.13. The van der Waals surface area contributed by atoms with Gasteiger partial charge in [0.2, 0.25) is 0 Å². The second kappa shape index (κ2) is 6.59. The van der Waals surface area contributed by atoms with Crippen LogP contribution in [0.25, 0.3) is 0 Å². The number of rotatable bonds is 4. The summed E-state index contributed by atoms with van der Waals surface area (Å²) >= 11 is 0. The van der Waals surface area contributed by atoms with Gasteiger partial charge in [-0.05, 0) is 19.1 Å². The Hall–Kier alpha value is -1.95. The molecule has 0 aliphatic carbocycles. The summed E-state index contributed by atoms with van der Waals surface area (Å²) < 4.78 is 4.75. The Morgan fingerprint density at radius 2 is 2.12 bits per heavy atom. The quantitative estimate of drug-likeness (QED) is 0.574. The number of nitrogens with one attached hydrogen (secondary N) is 2. The zero-order valence-electron chi connectivity index (χ0n) is 9.82. The molecule has 0 aromatic carbocycles. The van der Waals surface area contributed by atoms with Gasteiger partial charge in [0.15, 0.2) is 0 Å². The fraction of sp³-hybridized carbons (Fsp3) is 0.364. The predicted octanol–water partition coefficient (Wildman–Crippen LogP) is 0.0911. The number of amides is 2. The number of ether oxygens (including phenoxy) is 1. The van der Waals surface area contributed by atoms with Crippen LogP contribution in [0.2, 0.25) is 0 Å². The van der Waals surface area contributed by atoms with Gasteiger partial charge in [-0.3, -0.25) is 9.59 Å². The molecule has 0 aliphatic heterocycles. The maximum absolute atomic E-state index is 11.4. The highest BCUT2D eigenvalue weighted by Crippen LogP contribution is 2.03. The van der Waals surface area contributed by atoms with Crippen LogP contribution in [0.15, 0.2) is 18.2 Å². The maximum atomic E-state index is 11.4. The number of nitrogens with zero attached hydrogens (tertiary/aromatic N) is 1. The first kappa shape index (κ1) is 13.1. The summed E-state index contributed by atoms with van der Waals surface area (Å²) in [5.74, 6) is -1.08. The molecule has 0 bridgehead atoms. The Balaban J connectivity index is 2.46. The monoisotopic (exact) mass is 237 g/mol. The first-order valence-corrected chi connectivity index (χ1v) is 5.15. The number of methoxy groups -OCH3 is 1. The minimum atomic E-state index is -0.737. The van der Waals surface area contributed by atoms with Crippen molar-refractivity contribution in [1.29, 1.82) is 0 Å². The van der Waals surface area contributed by atoms with Crippen LogP contribution < -0.4 is 10.6 Å². The van der Waals surface area contributed by atoms with Crippen molar-refractivity contribution in [1.82, 2.24) is 10.3 Å². The highest BCUT2D eigenvalue weighted by atomic mass is 16.5. The van der Waals surface area contributed by atoms with Crippen molar-refractivity contribution in [3.63, 3.8) is 0 Å². The maximum Gasteiger partial charge on any atom is 0.314 e. The average Bonchev–Trinajstić information content (AvgIpc) is 2.29. The highest BCUT2D eigenvalue weighted by molar-refractivity contribution is 6.39. The lowest BCUT2D eigenvalue weighted by atomic mass is 10.3. The first-order valence-electron chi connectivity index (χ1n) is 5.15. The van der Waals surface area contributed by atoms with E-state index in [2.05, 4.69) is 15.6 Å². The molecular formula is C11H15N3O3. The number of carbonyl (C=O) groups is 2. The summed E-state index contributed by atoms with van der Waals surface area (Å²) in [6.07, 6.45) is 0. The van der Waals surface area contributed by atoms with Gasteiger partial charge < -0.3 is 15.4 Å². The van der Waals surface area contributed by atoms with Crippen molar-refractivity contribution in [3.05, 3.63) is 23.9 Å². The van der Waals surface area contributed by atoms with Crippen molar-refractivity contribution < 1.29 is 14.3 Å². The topological polar surface area (TPSA) is 80.3 Å². The summed E-state index contributed by atoms with van der Waals surface area (Å²) in [5.41, 5.74) is 0.766. The number of aromatic nitrogens is 1. The van der Waals surface area contributed by atoms with Crippen molar-refractivity contribution in [2.75, 3.05) is 25.6 Å². The standard InChI is InChI=1S/C11H15N3O3/c1-8-4-3-5-9(13-8)14-11(16)10(15)12-6-7-17-2/h3-5H,6-7H2,1-2H3,(H,12,15)(H,13,14,16). The molecule has 0 unspecified atom stereocenters. The molecule has 1 aromatic heterocycles. The zero-order chi connectivity index (χ0) is 12.7. The Kier molecular flexibility index (Phi) is 5.09. The van der Waals surface area contributed by atoms with Crippen LogP contribution in [0.3, 0.4) is 0 Å². The molecular weight excluding hydrogens is 222 g/mol. The minimum absolute atomic E-state index is 0.296. The second-order valence-electron chi connectivity index (χ2n) is 3.37. The van der Waals surface area contributed by atoms with E-state index in [9.17, 15) is 9.59 Å². The van der Waals surface area contributed by atoms with Crippen molar-refractivity contribution in [2.45, 2.75) is 6.92 Å². The first-order chi connectivity index (χ1) is 8.13. The average molecular weight is 237 g/mol. The van der Waals surface area contributed by atoms with Crippen molar-refractivity contribution in [2.24, 2.45) is 0 Å². The van der Waals surface area contributed by atoms with E-state index in [-0.39, 0.29) is 0 Å². The van der Waals surface area contributed by atoms with E-state index < -0.39 is 11.8 Å². The molecule has 0 saturated carbocycles. The SMILES string of the molecule is COCCNC(=O)C(=O)Nc1cccc(C)n1. The van der Waals surface area contributed by atoms with Crippen LogP contribution in [-0.4, -0.2) is 37.1 Å². The molecule has 2 N–H and O–H groups in total. The third-order valence-electron chi connectivity index (χ3n) is 1.93. The van der Waals surface area contributed by atoms with Gasteiger partial charge in [-0.25, -0.2) is 4.98 Å². The summed E-state index contributed by atoms with van der Waals surface area (Å²) in [5, 5.41) is 4.82. The van der Waals surface area contributed by atoms with Crippen molar-refractivity contribution >= 4 is 17.6 Å². The largest absolute Gasteiger partial charge is 0.383 e. The summed E-state index contributed by atoms with van der Waals surface area (Å²) in [6.45, 7) is 2.46. The highest BCUT2D eigenvalue weighted by Gasteiger charge is 2.13. The minimum Gasteiger partial charge on any atom is -0.383 e. The van der Waals surface area contributed by atoms with E-state index in [1.54, 1.807) is 25.1 Å². The van der Waals surface area contributed by atoms with E-state index in [0.29, 0.717) is 19.0 Å². The Morgan fingerprint density at radius 1 is 1.35 bits per heavy atom. The second-order valence-corrected chi connectivity index (χ2v) is 3.37. The zero-order valence-corrected chi connectivity index (χ0v) is 9.82. The normalized spacial score (nSPS) is 9.76. The Labute approximate surface area is 99.4 Å². The molecule has 1 rings (SSSR count). The van der Waals surface area contributed by atoms with Crippen LogP contribution in [0, 0.1) is 6.92 Å². The van der Waals surface area contributed by atoms with Crippen LogP contribution in [0.5, 0.6) is 0 Å². The number of aryl methyl sites for hydroxylation is 1. The summed E-state index contributed by atoms with van der Waals surface area (Å²) in [6, 6.07) is 5.17. The van der Waals surface area contributed by atoms with E-state index in [1.165, 1.54) is 7.11 Å². The number of anilines is 1. The molecule has 0 atom stereocenters. The lowest BCUT2D eigenvalue weighted by molar-refractivity contribution is -0.136. The summed E-state index contributed by atoms with van der Waals surface area (Å²) in [4.78, 5) is 26.8. The Bertz CT molecular complexity index is 407. The van der Waals surface area contributed by atoms with Crippen LogP contribution >= 0.6 is 0 Å². The van der Waals surface area contributed by atoms with Gasteiger partial charge in [0.05, 0.1) is 6.61 Å². The molecule has 92 valence electrons. The molecule has 17 heavy (non-hydrogen) atoms. The number of carbonyl (C=O) groups excluding carboxylic acids is 2. The van der Waals surface area contributed by atoms with Crippen LogP contribution in [0.4, 0.5) is 5.82 Å². The van der Waals surface area contributed by atoms with Crippen LogP contribution in [-0.2, 0) is 14.3 Å². The molecule has 1 heterocycles.